The molecule has 1 rings (SSSR count). The molecular weight excluding hydrogens is 330 g/mol. The number of carbonyl (C=O) groups excluding carboxylic acids is 1. The predicted octanol–water partition coefficient (Wildman–Crippen LogP) is 2.57. The van der Waals surface area contributed by atoms with Gasteiger partial charge in [-0.15, -0.1) is 0 Å². The van der Waals surface area contributed by atoms with Crippen LogP contribution >= 0.6 is 26.4 Å². The minimum absolute atomic E-state index is 0.481. The summed E-state index contributed by atoms with van der Waals surface area (Å²) in [7, 11) is -3.62. The van der Waals surface area contributed by atoms with Crippen LogP contribution in [0.2, 0.25) is 0 Å². The van der Waals surface area contributed by atoms with Crippen LogP contribution in [0, 0.1) is 11.3 Å². The third kappa shape index (κ3) is 4.85. The molecule has 0 heterocycles. The summed E-state index contributed by atoms with van der Waals surface area (Å²) in [4.78, 5) is 11.4. The number of hydrogen-bond donors (Lipinski definition) is 1. The molecule has 0 aromatic heterocycles. The quantitative estimate of drug-likeness (QED) is 0.752. The molecule has 4 nitrogen and oxygen atoms in total. The highest BCUT2D eigenvalue weighted by molar-refractivity contribution is 9.47. The van der Waals surface area contributed by atoms with Crippen molar-refractivity contribution in [2.75, 3.05) is 0 Å². The normalized spacial score (nSPS) is 19.8. The van der Waals surface area contributed by atoms with Crippen LogP contribution in [0.5, 0.6) is 0 Å². The smallest absolute Gasteiger partial charge is 0.272 e. The summed E-state index contributed by atoms with van der Waals surface area (Å²) in [6.07, 6.45) is 4.30. The highest BCUT2D eigenvalue weighted by atomic mass is 79.9. The van der Waals surface area contributed by atoms with E-state index in [-0.39, 0.29) is 0 Å². The highest BCUT2D eigenvalue weighted by Crippen LogP contribution is 2.39. The first kappa shape index (κ1) is 15.4. The molecule has 1 aliphatic carbocycles. The summed E-state index contributed by atoms with van der Waals surface area (Å²) in [6.45, 7) is 3.73. The largest absolute Gasteiger partial charge is 0.279 e. The fraction of sp³-hybridized carbons (Fsp3) is 0.900. The predicted molar refractivity (Wildman–Crippen MR) is 71.4 cm³/mol. The zero-order valence-electron chi connectivity index (χ0n) is 9.87. The van der Waals surface area contributed by atoms with Crippen LogP contribution in [0.3, 0.4) is 0 Å². The second-order valence-corrected chi connectivity index (χ2v) is 9.32. The van der Waals surface area contributed by atoms with Crippen LogP contribution in [0.15, 0.2) is 0 Å². The van der Waals surface area contributed by atoms with E-state index in [1.165, 1.54) is 6.42 Å². The molecule has 0 aliphatic heterocycles. The van der Waals surface area contributed by atoms with Crippen LogP contribution in [-0.4, -0.2) is 19.7 Å². The Labute approximate surface area is 115 Å². The van der Waals surface area contributed by atoms with Gasteiger partial charge in [0, 0.05) is 0 Å². The standard InChI is InChI=1S/C10H17BrClNO3S/c1-10(2,6-7-4-3-5-7)8(9(12)14)13-17(11,15)16/h7-8,13H,3-6H2,1-2H3/t8-/m1/s1. The van der Waals surface area contributed by atoms with Gasteiger partial charge >= 0.3 is 0 Å². The van der Waals surface area contributed by atoms with E-state index in [0.717, 1.165) is 19.3 Å². The Kier molecular flexibility index (Phi) is 5.03. The summed E-state index contributed by atoms with van der Waals surface area (Å²) in [5.74, 6) is 0.573. The molecule has 0 radical (unpaired) electrons. The number of rotatable bonds is 6. The molecule has 0 amide bonds. The Balaban J connectivity index is 2.76. The Morgan fingerprint density at radius 3 is 2.35 bits per heavy atom. The summed E-state index contributed by atoms with van der Waals surface area (Å²) < 4.78 is 24.6. The van der Waals surface area contributed by atoms with Crippen LogP contribution in [0.4, 0.5) is 0 Å². The zero-order valence-corrected chi connectivity index (χ0v) is 13.0. The molecule has 0 saturated heterocycles. The first-order chi connectivity index (χ1) is 7.62. The maximum Gasteiger partial charge on any atom is 0.272 e. The molecule has 1 aliphatic rings. The number of carbonyl (C=O) groups is 1. The van der Waals surface area contributed by atoms with Crippen LogP contribution in [0.25, 0.3) is 0 Å². The van der Waals surface area contributed by atoms with E-state index < -0.39 is 25.2 Å². The molecule has 7 heteroatoms. The molecule has 100 valence electrons. The average Bonchev–Trinajstić information content (AvgIpc) is 2.06. The topological polar surface area (TPSA) is 63.2 Å². The fourth-order valence-electron chi connectivity index (χ4n) is 2.21. The minimum atomic E-state index is -3.62. The molecular formula is C10H17BrClNO3S. The fourth-order valence-corrected chi connectivity index (χ4v) is 3.90. The van der Waals surface area contributed by atoms with Gasteiger partial charge in [-0.2, -0.15) is 4.72 Å². The Bertz CT molecular complexity index is 392. The average molecular weight is 347 g/mol. The Morgan fingerprint density at radius 2 is 2.06 bits per heavy atom. The molecule has 0 bridgehead atoms. The van der Waals surface area contributed by atoms with Gasteiger partial charge in [0.15, 0.2) is 0 Å². The summed E-state index contributed by atoms with van der Waals surface area (Å²) >= 11 is 7.98. The van der Waals surface area contributed by atoms with Crippen molar-refractivity contribution in [2.24, 2.45) is 11.3 Å². The summed E-state index contributed by atoms with van der Waals surface area (Å²) in [5, 5.41) is -0.669. The van der Waals surface area contributed by atoms with Gasteiger partial charge < -0.3 is 0 Å². The molecule has 0 unspecified atom stereocenters. The van der Waals surface area contributed by atoms with E-state index in [0.29, 0.717) is 5.92 Å². The SMILES string of the molecule is CC(C)(CC1CCC1)[C@H](NS(=O)(=O)Br)C(=O)Cl. The van der Waals surface area contributed by atoms with Crippen molar-refractivity contribution in [3.63, 3.8) is 0 Å². The second-order valence-electron chi connectivity index (χ2n) is 5.28. The number of halogens is 2. The van der Waals surface area contributed by atoms with E-state index in [2.05, 4.69) is 19.5 Å². The third-order valence-electron chi connectivity index (χ3n) is 3.31. The molecule has 1 atom stereocenters. The van der Waals surface area contributed by atoms with Crippen LogP contribution in [-0.2, 0) is 13.3 Å². The van der Waals surface area contributed by atoms with Crippen LogP contribution in [0.1, 0.15) is 39.5 Å². The van der Waals surface area contributed by atoms with Crippen molar-refractivity contribution < 1.29 is 13.2 Å². The van der Waals surface area contributed by atoms with Crippen molar-refractivity contribution >= 4 is 40.1 Å². The number of nitrogens with one attached hydrogen (secondary N) is 1. The van der Waals surface area contributed by atoms with Gasteiger partial charge in [0.1, 0.15) is 6.04 Å². The van der Waals surface area contributed by atoms with E-state index in [9.17, 15) is 13.2 Å². The number of hydrogen-bond acceptors (Lipinski definition) is 3. The minimum Gasteiger partial charge on any atom is -0.279 e. The Hall–Kier alpha value is 0.350. The first-order valence-electron chi connectivity index (χ1n) is 5.53. The Morgan fingerprint density at radius 1 is 1.53 bits per heavy atom. The van der Waals surface area contributed by atoms with Crippen molar-refractivity contribution in [1.82, 2.24) is 4.72 Å². The van der Waals surface area contributed by atoms with E-state index in [4.69, 9.17) is 11.6 Å². The lowest BCUT2D eigenvalue weighted by Crippen LogP contribution is -2.48. The monoisotopic (exact) mass is 345 g/mol. The molecule has 0 aromatic carbocycles. The zero-order chi connectivity index (χ0) is 13.3. The molecule has 17 heavy (non-hydrogen) atoms. The molecule has 0 aromatic rings. The van der Waals surface area contributed by atoms with Crippen molar-refractivity contribution in [3.05, 3.63) is 0 Å². The van der Waals surface area contributed by atoms with Gasteiger partial charge in [0.2, 0.25) is 5.24 Å². The maximum absolute atomic E-state index is 11.4. The highest BCUT2D eigenvalue weighted by Gasteiger charge is 2.39. The lowest BCUT2D eigenvalue weighted by molar-refractivity contribution is -0.115. The van der Waals surface area contributed by atoms with E-state index in [1.807, 2.05) is 13.8 Å². The second kappa shape index (κ2) is 5.55. The maximum atomic E-state index is 11.4. The van der Waals surface area contributed by atoms with Gasteiger partial charge in [-0.1, -0.05) is 33.1 Å². The van der Waals surface area contributed by atoms with Crippen molar-refractivity contribution in [2.45, 2.75) is 45.6 Å². The lowest BCUT2D eigenvalue weighted by Gasteiger charge is -2.38. The molecule has 0 spiro atoms. The summed E-state index contributed by atoms with van der Waals surface area (Å²) in [5.41, 5.74) is -0.481. The first-order valence-corrected chi connectivity index (χ1v) is 9.23. The van der Waals surface area contributed by atoms with Gasteiger partial charge in [-0.3, -0.25) is 4.79 Å². The van der Waals surface area contributed by atoms with E-state index >= 15 is 0 Å². The van der Waals surface area contributed by atoms with Crippen molar-refractivity contribution in [3.8, 4) is 0 Å². The molecule has 1 fully saturated rings. The van der Waals surface area contributed by atoms with Gasteiger partial charge in [-0.25, -0.2) is 8.42 Å². The molecule has 1 saturated carbocycles. The molecule has 1 N–H and O–H groups in total. The van der Waals surface area contributed by atoms with Crippen molar-refractivity contribution in [1.29, 1.82) is 0 Å². The lowest BCUT2D eigenvalue weighted by atomic mass is 9.71. The third-order valence-corrected chi connectivity index (χ3v) is 4.60. The van der Waals surface area contributed by atoms with Gasteiger partial charge in [0.25, 0.3) is 8.46 Å². The summed E-state index contributed by atoms with van der Waals surface area (Å²) in [6, 6.07) is -0.894. The van der Waals surface area contributed by atoms with E-state index in [1.54, 1.807) is 0 Å². The van der Waals surface area contributed by atoms with Gasteiger partial charge in [0.05, 0.1) is 14.8 Å². The van der Waals surface area contributed by atoms with Crippen LogP contribution < -0.4 is 4.72 Å². The van der Waals surface area contributed by atoms with Gasteiger partial charge in [-0.05, 0) is 29.4 Å².